The highest BCUT2D eigenvalue weighted by Gasteiger charge is 2.29. The lowest BCUT2D eigenvalue weighted by atomic mass is 10.1. The van der Waals surface area contributed by atoms with Crippen molar-refractivity contribution in [2.45, 2.75) is 71.8 Å². The number of aryl methyl sites for hydroxylation is 4. The fraction of sp³-hybridized carbons (Fsp3) is 0.359. The van der Waals surface area contributed by atoms with Gasteiger partial charge in [0.15, 0.2) is 0 Å². The average Bonchev–Trinajstić information content (AvgIpc) is 3.06. The van der Waals surface area contributed by atoms with Crippen molar-refractivity contribution in [3.63, 3.8) is 0 Å². The highest BCUT2D eigenvalue weighted by molar-refractivity contribution is 7.93. The standard InChI is InChI=1S/C20H25NO4S.C19H25NO3S/c1-14(2)13-21(19-10-9-15(3)11-16(19)4)26(23,24)18-8-6-7-17(12-18)20(22)25-5;1-14(2)12-20(19-9-8-15(3)10-16(19)4)24(22,23)18-7-5-6-17(11-18)13-21/h6-12,14H,13H2,1-5H3;5-11,14,21H,12-13H2,1-4H3. The summed E-state index contributed by atoms with van der Waals surface area (Å²) in [6, 6.07) is 23.9. The molecular formula is C39H50N2O7S2. The van der Waals surface area contributed by atoms with E-state index in [-0.39, 0.29) is 33.8 Å². The molecule has 0 spiro atoms. The molecule has 270 valence electrons. The zero-order valence-electron chi connectivity index (χ0n) is 30.5. The quantitative estimate of drug-likeness (QED) is 0.150. The number of anilines is 2. The number of benzene rings is 4. The number of carbonyl (C=O) groups excluding carboxylic acids is 1. The average molecular weight is 723 g/mol. The Morgan fingerprint density at radius 2 is 1.10 bits per heavy atom. The molecule has 1 N–H and O–H groups in total. The van der Waals surface area contributed by atoms with E-state index in [1.54, 1.807) is 24.3 Å². The van der Waals surface area contributed by atoms with Crippen molar-refractivity contribution in [3.05, 3.63) is 118 Å². The minimum atomic E-state index is -3.82. The molecule has 4 rings (SSSR count). The summed E-state index contributed by atoms with van der Waals surface area (Å²) in [6.45, 7) is 16.3. The predicted molar refractivity (Wildman–Crippen MR) is 201 cm³/mol. The van der Waals surface area contributed by atoms with E-state index in [1.165, 1.54) is 40.0 Å². The molecular weight excluding hydrogens is 673 g/mol. The molecule has 0 saturated heterocycles. The number of aliphatic hydroxyl groups is 1. The fourth-order valence-corrected chi connectivity index (χ4v) is 8.95. The minimum Gasteiger partial charge on any atom is -0.465 e. The van der Waals surface area contributed by atoms with Crippen LogP contribution >= 0.6 is 0 Å². The molecule has 0 radical (unpaired) electrons. The minimum absolute atomic E-state index is 0.0704. The van der Waals surface area contributed by atoms with Gasteiger partial charge >= 0.3 is 5.97 Å². The Morgan fingerprint density at radius 3 is 1.50 bits per heavy atom. The molecule has 0 aromatic heterocycles. The number of esters is 1. The van der Waals surface area contributed by atoms with E-state index in [0.717, 1.165) is 22.3 Å². The van der Waals surface area contributed by atoms with Crippen molar-refractivity contribution < 1.29 is 31.5 Å². The smallest absolute Gasteiger partial charge is 0.337 e. The van der Waals surface area contributed by atoms with Gasteiger partial charge in [-0.1, -0.05) is 81.3 Å². The van der Waals surface area contributed by atoms with Gasteiger partial charge in [-0.05, 0) is 98.7 Å². The first-order valence-corrected chi connectivity index (χ1v) is 19.4. The number of aliphatic hydroxyl groups excluding tert-OH is 1. The summed E-state index contributed by atoms with van der Waals surface area (Å²) in [4.78, 5) is 12.0. The lowest BCUT2D eigenvalue weighted by Gasteiger charge is -2.28. The number of methoxy groups -OCH3 is 1. The number of carbonyl (C=O) groups is 1. The molecule has 4 aromatic rings. The summed E-state index contributed by atoms with van der Waals surface area (Å²) >= 11 is 0. The molecule has 0 aliphatic heterocycles. The Hall–Kier alpha value is -4.19. The van der Waals surface area contributed by atoms with Gasteiger partial charge in [0.2, 0.25) is 0 Å². The summed E-state index contributed by atoms with van der Waals surface area (Å²) in [5.41, 5.74) is 6.12. The Morgan fingerprint density at radius 1 is 0.660 bits per heavy atom. The first kappa shape index (κ1) is 40.2. The van der Waals surface area contributed by atoms with Crippen molar-refractivity contribution in [1.82, 2.24) is 0 Å². The third kappa shape index (κ3) is 9.95. The van der Waals surface area contributed by atoms with Crippen LogP contribution in [0.1, 0.15) is 65.9 Å². The van der Waals surface area contributed by atoms with Crippen LogP contribution in [0.5, 0.6) is 0 Å². The van der Waals surface area contributed by atoms with Crippen molar-refractivity contribution in [1.29, 1.82) is 0 Å². The summed E-state index contributed by atoms with van der Waals surface area (Å²) in [7, 11) is -6.25. The van der Waals surface area contributed by atoms with Gasteiger partial charge in [-0.2, -0.15) is 0 Å². The molecule has 0 unspecified atom stereocenters. The van der Waals surface area contributed by atoms with Crippen LogP contribution in [0, 0.1) is 39.5 Å². The maximum absolute atomic E-state index is 13.3. The molecule has 50 heavy (non-hydrogen) atoms. The van der Waals surface area contributed by atoms with E-state index in [0.29, 0.717) is 30.0 Å². The van der Waals surface area contributed by atoms with Gasteiger partial charge < -0.3 is 9.84 Å². The van der Waals surface area contributed by atoms with Crippen LogP contribution < -0.4 is 8.61 Å². The molecule has 0 aliphatic carbocycles. The lowest BCUT2D eigenvalue weighted by molar-refractivity contribution is 0.0600. The summed E-state index contributed by atoms with van der Waals surface area (Å²) in [5, 5.41) is 9.30. The Balaban J connectivity index is 0.000000271. The third-order valence-corrected chi connectivity index (χ3v) is 11.4. The number of hydrogen-bond acceptors (Lipinski definition) is 7. The SMILES string of the molecule is COC(=O)c1cccc(S(=O)(=O)N(CC(C)C)c2ccc(C)cc2C)c1.Cc1ccc(N(CC(C)C)S(=O)(=O)c2cccc(CO)c2)c(C)c1. The normalized spacial score (nSPS) is 11.6. The largest absolute Gasteiger partial charge is 0.465 e. The van der Waals surface area contributed by atoms with Gasteiger partial charge in [0.1, 0.15) is 0 Å². The van der Waals surface area contributed by atoms with E-state index < -0.39 is 26.0 Å². The van der Waals surface area contributed by atoms with Crippen molar-refractivity contribution in [3.8, 4) is 0 Å². The first-order valence-electron chi connectivity index (χ1n) is 16.5. The van der Waals surface area contributed by atoms with E-state index in [2.05, 4.69) is 0 Å². The van der Waals surface area contributed by atoms with Crippen molar-refractivity contribution >= 4 is 37.4 Å². The summed E-state index contributed by atoms with van der Waals surface area (Å²) in [5.74, 6) is -0.250. The molecule has 0 fully saturated rings. The van der Waals surface area contributed by atoms with Gasteiger partial charge in [-0.3, -0.25) is 8.61 Å². The van der Waals surface area contributed by atoms with Crippen molar-refractivity contribution in [2.75, 3.05) is 28.8 Å². The zero-order chi connectivity index (χ0) is 37.4. The monoisotopic (exact) mass is 722 g/mol. The molecule has 0 bridgehead atoms. The van der Waals surface area contributed by atoms with Crippen LogP contribution in [-0.4, -0.2) is 48.1 Å². The number of sulfonamides is 2. The lowest BCUT2D eigenvalue weighted by Crippen LogP contribution is -2.35. The molecule has 0 aliphatic rings. The Labute approximate surface area is 298 Å². The van der Waals surface area contributed by atoms with Crippen LogP contribution in [0.25, 0.3) is 0 Å². The number of ether oxygens (including phenoxy) is 1. The van der Waals surface area contributed by atoms with E-state index >= 15 is 0 Å². The highest BCUT2D eigenvalue weighted by Crippen LogP contribution is 2.30. The van der Waals surface area contributed by atoms with Gasteiger partial charge in [0, 0.05) is 13.1 Å². The summed E-state index contributed by atoms with van der Waals surface area (Å²) in [6.07, 6.45) is 0. The fourth-order valence-electron chi connectivity index (χ4n) is 5.45. The second-order valence-corrected chi connectivity index (χ2v) is 17.0. The highest BCUT2D eigenvalue weighted by atomic mass is 32.2. The van der Waals surface area contributed by atoms with E-state index in [4.69, 9.17) is 4.74 Å². The predicted octanol–water partition coefficient (Wildman–Crippen LogP) is 7.59. The van der Waals surface area contributed by atoms with Gasteiger partial charge in [-0.25, -0.2) is 21.6 Å². The molecule has 9 nitrogen and oxygen atoms in total. The van der Waals surface area contributed by atoms with Crippen LogP contribution in [0.2, 0.25) is 0 Å². The van der Waals surface area contributed by atoms with Crippen LogP contribution in [0.15, 0.2) is 94.7 Å². The van der Waals surface area contributed by atoms with Gasteiger partial charge in [-0.15, -0.1) is 0 Å². The van der Waals surface area contributed by atoms with Gasteiger partial charge in [0.25, 0.3) is 20.0 Å². The topological polar surface area (TPSA) is 121 Å². The molecule has 0 heterocycles. The Bertz CT molecular complexity index is 2010. The molecule has 0 amide bonds. The maximum Gasteiger partial charge on any atom is 0.337 e. The number of rotatable bonds is 12. The Kier molecular flexibility index (Phi) is 13.8. The molecule has 4 aromatic carbocycles. The van der Waals surface area contributed by atoms with Crippen molar-refractivity contribution in [2.24, 2.45) is 11.8 Å². The molecule has 0 saturated carbocycles. The van der Waals surface area contributed by atoms with Gasteiger partial charge in [0.05, 0.1) is 40.4 Å². The third-order valence-electron chi connectivity index (χ3n) is 7.82. The van der Waals surface area contributed by atoms with Crippen LogP contribution in [0.3, 0.4) is 0 Å². The maximum atomic E-state index is 13.3. The number of nitrogens with zero attached hydrogens (tertiary/aromatic N) is 2. The second-order valence-electron chi connectivity index (χ2n) is 13.3. The number of hydrogen-bond donors (Lipinski definition) is 1. The van der Waals surface area contributed by atoms with E-state index in [1.807, 2.05) is 91.8 Å². The zero-order valence-corrected chi connectivity index (χ0v) is 32.1. The first-order chi connectivity index (χ1) is 23.4. The van der Waals surface area contributed by atoms with Crippen LogP contribution in [0.4, 0.5) is 11.4 Å². The van der Waals surface area contributed by atoms with Crippen LogP contribution in [-0.2, 0) is 31.4 Å². The molecule has 11 heteroatoms. The van der Waals surface area contributed by atoms with E-state index in [9.17, 15) is 26.7 Å². The second kappa shape index (κ2) is 17.2. The molecule has 0 atom stereocenters. The summed E-state index contributed by atoms with van der Waals surface area (Å²) < 4.78 is 60.7.